The van der Waals surface area contributed by atoms with Crippen LogP contribution in [0.4, 0.5) is 0 Å². The van der Waals surface area contributed by atoms with Gasteiger partial charge in [0.25, 0.3) is 0 Å². The summed E-state index contributed by atoms with van der Waals surface area (Å²) in [6, 6.07) is 0.178. The number of nitrogens with one attached hydrogen (secondary N) is 1. The van der Waals surface area contributed by atoms with Gasteiger partial charge in [-0.1, -0.05) is 19.3 Å². The number of ether oxygens (including phenoxy) is 1. The van der Waals surface area contributed by atoms with E-state index in [0.29, 0.717) is 19.4 Å². The highest BCUT2D eigenvalue weighted by Gasteiger charge is 2.41. The van der Waals surface area contributed by atoms with Crippen molar-refractivity contribution in [2.45, 2.75) is 63.0 Å². The molecule has 2 aliphatic rings. The number of nitrogens with zero attached hydrogens (tertiary/aromatic N) is 2. The first kappa shape index (κ1) is 14.4. The molecule has 5 nitrogen and oxygen atoms in total. The van der Waals surface area contributed by atoms with Gasteiger partial charge in [0.15, 0.2) is 0 Å². The van der Waals surface area contributed by atoms with Crippen LogP contribution in [-0.4, -0.2) is 34.1 Å². The Bertz CT molecular complexity index is 472. The molecular formula is C16H23N3O2. The van der Waals surface area contributed by atoms with Gasteiger partial charge in [0.05, 0.1) is 23.9 Å². The zero-order valence-electron chi connectivity index (χ0n) is 12.4. The number of aromatic nitrogens is 2. The van der Waals surface area contributed by atoms with Crippen molar-refractivity contribution in [2.24, 2.45) is 0 Å². The Morgan fingerprint density at radius 3 is 2.95 bits per heavy atom. The lowest BCUT2D eigenvalue weighted by atomic mass is 9.82. The zero-order valence-corrected chi connectivity index (χ0v) is 12.4. The monoisotopic (exact) mass is 289 g/mol. The molecule has 1 amide bonds. The summed E-state index contributed by atoms with van der Waals surface area (Å²) in [7, 11) is 0. The second-order valence-electron chi connectivity index (χ2n) is 6.22. The summed E-state index contributed by atoms with van der Waals surface area (Å²) >= 11 is 0. The summed E-state index contributed by atoms with van der Waals surface area (Å²) in [6.45, 7) is 0.664. The molecule has 0 aromatic carbocycles. The van der Waals surface area contributed by atoms with Gasteiger partial charge in [-0.2, -0.15) is 0 Å². The molecule has 1 aliphatic carbocycles. The highest BCUT2D eigenvalue weighted by Crippen LogP contribution is 2.39. The SMILES string of the molecule is O=C(CCc1cnccn1)N[C@@H]1COC2(CCCCC2)C1. The zero-order chi connectivity index (χ0) is 14.5. The van der Waals surface area contributed by atoms with Crippen LogP contribution < -0.4 is 5.32 Å². The predicted octanol–water partition coefficient (Wildman–Crippen LogP) is 2.02. The Balaban J connectivity index is 1.43. The van der Waals surface area contributed by atoms with Gasteiger partial charge in [-0.15, -0.1) is 0 Å². The number of carbonyl (C=O) groups is 1. The first-order valence-corrected chi connectivity index (χ1v) is 7.94. The van der Waals surface area contributed by atoms with Gasteiger partial charge in [-0.05, 0) is 25.7 Å². The van der Waals surface area contributed by atoms with Crippen LogP contribution in [0.3, 0.4) is 0 Å². The second-order valence-corrected chi connectivity index (χ2v) is 6.22. The lowest BCUT2D eigenvalue weighted by Gasteiger charge is -2.32. The minimum atomic E-state index is 0.0566. The van der Waals surface area contributed by atoms with E-state index >= 15 is 0 Å². The molecule has 1 atom stereocenters. The highest BCUT2D eigenvalue weighted by atomic mass is 16.5. The largest absolute Gasteiger partial charge is 0.373 e. The Kier molecular flexibility index (Phi) is 4.48. The van der Waals surface area contributed by atoms with Crippen LogP contribution in [0.1, 0.15) is 50.6 Å². The van der Waals surface area contributed by atoms with Crippen LogP contribution in [0.2, 0.25) is 0 Å². The van der Waals surface area contributed by atoms with Crippen molar-refractivity contribution in [1.29, 1.82) is 0 Å². The number of amides is 1. The molecule has 114 valence electrons. The number of carbonyl (C=O) groups excluding carboxylic acids is 1. The van der Waals surface area contributed by atoms with Crippen LogP contribution in [0.5, 0.6) is 0 Å². The third kappa shape index (κ3) is 3.79. The van der Waals surface area contributed by atoms with Crippen molar-refractivity contribution >= 4 is 5.91 Å². The van der Waals surface area contributed by atoms with E-state index in [-0.39, 0.29) is 17.6 Å². The molecule has 2 fully saturated rings. The molecule has 1 aliphatic heterocycles. The van der Waals surface area contributed by atoms with Gasteiger partial charge in [-0.3, -0.25) is 14.8 Å². The molecular weight excluding hydrogens is 266 g/mol. The fourth-order valence-electron chi connectivity index (χ4n) is 3.48. The average molecular weight is 289 g/mol. The maximum Gasteiger partial charge on any atom is 0.220 e. The minimum absolute atomic E-state index is 0.0566. The minimum Gasteiger partial charge on any atom is -0.373 e. The van der Waals surface area contributed by atoms with Crippen LogP contribution in [0, 0.1) is 0 Å². The molecule has 0 bridgehead atoms. The summed E-state index contributed by atoms with van der Waals surface area (Å²) in [6.07, 6.45) is 13.2. The predicted molar refractivity (Wildman–Crippen MR) is 78.7 cm³/mol. The third-order valence-electron chi connectivity index (χ3n) is 4.56. The number of hydrogen-bond donors (Lipinski definition) is 1. The van der Waals surface area contributed by atoms with E-state index < -0.39 is 0 Å². The highest BCUT2D eigenvalue weighted by molar-refractivity contribution is 5.76. The number of hydrogen-bond acceptors (Lipinski definition) is 4. The molecule has 1 aromatic rings. The van der Waals surface area contributed by atoms with E-state index in [1.54, 1.807) is 18.6 Å². The quantitative estimate of drug-likeness (QED) is 0.921. The van der Waals surface area contributed by atoms with Crippen LogP contribution >= 0.6 is 0 Å². The molecule has 3 rings (SSSR count). The summed E-state index contributed by atoms with van der Waals surface area (Å²) in [5, 5.41) is 3.11. The molecule has 1 aromatic heterocycles. The summed E-state index contributed by atoms with van der Waals surface area (Å²) in [5.41, 5.74) is 0.917. The van der Waals surface area contributed by atoms with Crippen molar-refractivity contribution < 1.29 is 9.53 Å². The molecule has 21 heavy (non-hydrogen) atoms. The average Bonchev–Trinajstić information content (AvgIpc) is 2.89. The van der Waals surface area contributed by atoms with Gasteiger partial charge in [-0.25, -0.2) is 0 Å². The van der Waals surface area contributed by atoms with E-state index in [9.17, 15) is 4.79 Å². The van der Waals surface area contributed by atoms with Crippen molar-refractivity contribution in [3.8, 4) is 0 Å². The van der Waals surface area contributed by atoms with Crippen molar-refractivity contribution in [3.05, 3.63) is 24.3 Å². The number of rotatable bonds is 4. The smallest absolute Gasteiger partial charge is 0.220 e. The maximum atomic E-state index is 12.0. The Hall–Kier alpha value is -1.49. The van der Waals surface area contributed by atoms with E-state index in [0.717, 1.165) is 25.0 Å². The van der Waals surface area contributed by atoms with Gasteiger partial charge < -0.3 is 10.1 Å². The van der Waals surface area contributed by atoms with Crippen LogP contribution in [0.25, 0.3) is 0 Å². The van der Waals surface area contributed by atoms with Crippen molar-refractivity contribution in [2.75, 3.05) is 6.61 Å². The summed E-state index contributed by atoms with van der Waals surface area (Å²) in [4.78, 5) is 20.2. The normalized spacial score (nSPS) is 24.1. The molecule has 1 N–H and O–H groups in total. The maximum absolute atomic E-state index is 12.0. The summed E-state index contributed by atoms with van der Waals surface area (Å²) in [5.74, 6) is 0.0853. The Morgan fingerprint density at radius 2 is 2.19 bits per heavy atom. The van der Waals surface area contributed by atoms with Gasteiger partial charge in [0, 0.05) is 25.0 Å². The molecule has 5 heteroatoms. The lowest BCUT2D eigenvalue weighted by molar-refractivity contribution is -0.121. The van der Waals surface area contributed by atoms with Crippen LogP contribution in [0.15, 0.2) is 18.6 Å². The topological polar surface area (TPSA) is 64.1 Å². The van der Waals surface area contributed by atoms with E-state index in [4.69, 9.17) is 4.74 Å². The van der Waals surface area contributed by atoms with Crippen molar-refractivity contribution in [3.63, 3.8) is 0 Å². The Labute approximate surface area is 125 Å². The van der Waals surface area contributed by atoms with Gasteiger partial charge >= 0.3 is 0 Å². The van der Waals surface area contributed by atoms with E-state index in [1.807, 2.05) is 0 Å². The molecule has 1 saturated carbocycles. The van der Waals surface area contributed by atoms with Crippen LogP contribution in [-0.2, 0) is 16.0 Å². The molecule has 0 radical (unpaired) electrons. The van der Waals surface area contributed by atoms with E-state index in [1.165, 1.54) is 19.3 Å². The summed E-state index contributed by atoms with van der Waals surface area (Å²) < 4.78 is 6.02. The fourth-order valence-corrected chi connectivity index (χ4v) is 3.48. The standard InChI is InChI=1S/C16H23N3O2/c20-15(5-4-13-11-17-8-9-18-13)19-14-10-16(21-12-14)6-2-1-3-7-16/h8-9,11,14H,1-7,10,12H2,(H,19,20)/t14-/m0/s1. The molecule has 0 unspecified atom stereocenters. The third-order valence-corrected chi connectivity index (χ3v) is 4.56. The van der Waals surface area contributed by atoms with Crippen molar-refractivity contribution in [1.82, 2.24) is 15.3 Å². The fraction of sp³-hybridized carbons (Fsp3) is 0.688. The first-order chi connectivity index (χ1) is 10.3. The Morgan fingerprint density at radius 1 is 1.33 bits per heavy atom. The first-order valence-electron chi connectivity index (χ1n) is 7.94. The molecule has 1 saturated heterocycles. The number of aryl methyl sites for hydroxylation is 1. The van der Waals surface area contributed by atoms with E-state index in [2.05, 4.69) is 15.3 Å². The molecule has 1 spiro atoms. The van der Waals surface area contributed by atoms with Gasteiger partial charge in [0.1, 0.15) is 0 Å². The van der Waals surface area contributed by atoms with Gasteiger partial charge in [0.2, 0.25) is 5.91 Å². The molecule has 2 heterocycles. The lowest BCUT2D eigenvalue weighted by Crippen LogP contribution is -2.37. The second kappa shape index (κ2) is 6.52.